The van der Waals surface area contributed by atoms with Crippen LogP contribution in [0.5, 0.6) is 5.75 Å². The Balaban J connectivity index is 1.76. The third-order valence-electron chi connectivity index (χ3n) is 3.34. The van der Waals surface area contributed by atoms with Crippen LogP contribution in [0.2, 0.25) is 0 Å². The lowest BCUT2D eigenvalue weighted by Gasteiger charge is -2.15. The molecule has 0 bridgehead atoms. The summed E-state index contributed by atoms with van der Waals surface area (Å²) in [6.45, 7) is 2.16. The van der Waals surface area contributed by atoms with E-state index in [-0.39, 0.29) is 24.0 Å². The highest BCUT2D eigenvalue weighted by molar-refractivity contribution is 5.80. The van der Waals surface area contributed by atoms with Gasteiger partial charge in [-0.15, -0.1) is 0 Å². The lowest BCUT2D eigenvalue weighted by molar-refractivity contribution is -0.384. The molecule has 8 heteroatoms. The molecule has 1 amide bonds. The van der Waals surface area contributed by atoms with Crippen molar-refractivity contribution in [1.82, 2.24) is 5.32 Å². The number of amides is 1. The zero-order valence-electron chi connectivity index (χ0n) is 13.6. The second kappa shape index (κ2) is 8.62. The average molecular weight is 347 g/mol. The third-order valence-corrected chi connectivity index (χ3v) is 3.34. The number of ether oxygens (including phenoxy) is 1. The summed E-state index contributed by atoms with van der Waals surface area (Å²) in [5.74, 6) is -0.332. The molecule has 0 saturated heterocycles. The highest BCUT2D eigenvalue weighted by atomic mass is 19.1. The highest BCUT2D eigenvalue weighted by Gasteiger charge is 2.15. The number of nitro benzene ring substituents is 1. The van der Waals surface area contributed by atoms with Gasteiger partial charge >= 0.3 is 0 Å². The fourth-order valence-corrected chi connectivity index (χ4v) is 2.08. The molecule has 0 heterocycles. The van der Waals surface area contributed by atoms with Gasteiger partial charge in [0.05, 0.1) is 4.92 Å². The number of hydrogen-bond acceptors (Lipinski definition) is 5. The summed E-state index contributed by atoms with van der Waals surface area (Å²) in [5, 5.41) is 16.5. The fourth-order valence-electron chi connectivity index (χ4n) is 2.08. The minimum Gasteiger partial charge on any atom is -0.481 e. The number of nitrogens with one attached hydrogen (secondary N) is 2. The van der Waals surface area contributed by atoms with E-state index in [2.05, 4.69) is 10.6 Å². The van der Waals surface area contributed by atoms with E-state index < -0.39 is 11.0 Å². The lowest BCUT2D eigenvalue weighted by Crippen LogP contribution is -2.38. The number of benzene rings is 2. The van der Waals surface area contributed by atoms with Gasteiger partial charge in [0.1, 0.15) is 17.3 Å². The van der Waals surface area contributed by atoms with E-state index in [0.29, 0.717) is 18.0 Å². The number of nitrogens with zero attached hydrogens (tertiary/aromatic N) is 1. The van der Waals surface area contributed by atoms with E-state index in [9.17, 15) is 19.3 Å². The summed E-state index contributed by atoms with van der Waals surface area (Å²) in [5.41, 5.74) is 0.360. The molecule has 0 aliphatic heterocycles. The van der Waals surface area contributed by atoms with Crippen LogP contribution in [0, 0.1) is 15.9 Å². The smallest absolute Gasteiger partial charge is 0.292 e. The summed E-state index contributed by atoms with van der Waals surface area (Å²) < 4.78 is 18.2. The number of hydrogen-bond donors (Lipinski definition) is 2. The summed E-state index contributed by atoms with van der Waals surface area (Å²) in [4.78, 5) is 22.4. The van der Waals surface area contributed by atoms with Gasteiger partial charge in [0.25, 0.3) is 11.6 Å². The topological polar surface area (TPSA) is 93.5 Å². The highest BCUT2D eigenvalue weighted by Crippen LogP contribution is 2.22. The number of carbonyl (C=O) groups is 1. The molecule has 25 heavy (non-hydrogen) atoms. The van der Waals surface area contributed by atoms with Gasteiger partial charge in [-0.2, -0.15) is 0 Å². The third kappa shape index (κ3) is 5.45. The van der Waals surface area contributed by atoms with Gasteiger partial charge in [0.15, 0.2) is 6.10 Å². The van der Waals surface area contributed by atoms with Crippen LogP contribution >= 0.6 is 0 Å². The minimum absolute atomic E-state index is 0.0261. The van der Waals surface area contributed by atoms with Crippen LogP contribution in [0.15, 0.2) is 48.5 Å². The Hall–Kier alpha value is -3.16. The van der Waals surface area contributed by atoms with E-state index in [1.807, 2.05) is 0 Å². The number of anilines is 1. The molecule has 2 rings (SSSR count). The van der Waals surface area contributed by atoms with Crippen LogP contribution in [0.25, 0.3) is 0 Å². The molecular formula is C17H18FN3O4. The van der Waals surface area contributed by atoms with Crippen LogP contribution in [0.4, 0.5) is 15.8 Å². The average Bonchev–Trinajstić information content (AvgIpc) is 2.60. The van der Waals surface area contributed by atoms with Crippen molar-refractivity contribution in [2.24, 2.45) is 0 Å². The van der Waals surface area contributed by atoms with Crippen LogP contribution in [0.1, 0.15) is 6.92 Å². The Kier molecular flexibility index (Phi) is 6.27. The van der Waals surface area contributed by atoms with Crippen LogP contribution in [-0.2, 0) is 4.79 Å². The molecule has 1 atom stereocenters. The number of nitro groups is 1. The van der Waals surface area contributed by atoms with Gasteiger partial charge in [-0.25, -0.2) is 4.39 Å². The number of halogens is 1. The molecule has 132 valence electrons. The van der Waals surface area contributed by atoms with Crippen molar-refractivity contribution in [3.05, 3.63) is 64.5 Å². The Morgan fingerprint density at radius 1 is 1.20 bits per heavy atom. The van der Waals surface area contributed by atoms with E-state index in [0.717, 1.165) is 0 Å². The largest absolute Gasteiger partial charge is 0.481 e. The summed E-state index contributed by atoms with van der Waals surface area (Å²) in [6.07, 6.45) is -0.753. The summed E-state index contributed by atoms with van der Waals surface area (Å²) in [6, 6.07) is 11.6. The van der Waals surface area contributed by atoms with Crippen LogP contribution < -0.4 is 15.4 Å². The van der Waals surface area contributed by atoms with Gasteiger partial charge < -0.3 is 15.4 Å². The van der Waals surface area contributed by atoms with Gasteiger partial charge in [-0.1, -0.05) is 12.1 Å². The predicted octanol–water partition coefficient (Wildman–Crippen LogP) is 2.73. The molecular weight excluding hydrogens is 329 g/mol. The molecule has 0 aliphatic carbocycles. The SMILES string of the molecule is C[C@H](Oc1ccc(F)cc1)C(=O)NCCNc1ccccc1[N+](=O)[O-]. The first-order valence-electron chi connectivity index (χ1n) is 7.64. The first kappa shape index (κ1) is 18.2. The molecule has 0 saturated carbocycles. The number of rotatable bonds is 8. The Bertz CT molecular complexity index is 737. The van der Waals surface area contributed by atoms with Crippen molar-refractivity contribution in [3.8, 4) is 5.75 Å². The molecule has 0 spiro atoms. The van der Waals surface area contributed by atoms with Crippen molar-refractivity contribution in [1.29, 1.82) is 0 Å². The maximum Gasteiger partial charge on any atom is 0.292 e. The van der Waals surface area contributed by atoms with Gasteiger partial charge in [0.2, 0.25) is 0 Å². The van der Waals surface area contributed by atoms with Gasteiger partial charge in [0, 0.05) is 19.2 Å². The Morgan fingerprint density at radius 3 is 2.56 bits per heavy atom. The fraction of sp³-hybridized carbons (Fsp3) is 0.235. The maximum absolute atomic E-state index is 12.8. The molecule has 2 aromatic carbocycles. The zero-order valence-corrected chi connectivity index (χ0v) is 13.6. The maximum atomic E-state index is 12.8. The van der Waals surface area contributed by atoms with Crippen molar-refractivity contribution in [3.63, 3.8) is 0 Å². The molecule has 0 aromatic heterocycles. The zero-order chi connectivity index (χ0) is 18.2. The normalized spacial score (nSPS) is 11.4. The molecule has 0 fully saturated rings. The molecule has 0 aliphatic rings. The molecule has 0 unspecified atom stereocenters. The summed E-state index contributed by atoms with van der Waals surface area (Å²) in [7, 11) is 0. The second-order valence-corrected chi connectivity index (χ2v) is 5.21. The first-order valence-corrected chi connectivity index (χ1v) is 7.64. The van der Waals surface area contributed by atoms with Crippen molar-refractivity contribution in [2.45, 2.75) is 13.0 Å². The summed E-state index contributed by atoms with van der Waals surface area (Å²) >= 11 is 0. The Labute approximate surface area is 144 Å². The standard InChI is InChI=1S/C17H18FN3O4/c1-12(25-14-8-6-13(18)7-9-14)17(22)20-11-10-19-15-4-2-3-5-16(15)21(23)24/h2-9,12,19H,10-11H2,1H3,(H,20,22)/t12-/m0/s1. The van der Waals surface area contributed by atoms with Crippen molar-refractivity contribution >= 4 is 17.3 Å². The minimum atomic E-state index is -0.753. The molecule has 0 radical (unpaired) electrons. The Morgan fingerprint density at radius 2 is 1.88 bits per heavy atom. The van der Waals surface area contributed by atoms with E-state index in [1.165, 1.54) is 30.3 Å². The van der Waals surface area contributed by atoms with Crippen molar-refractivity contribution < 1.29 is 18.8 Å². The van der Waals surface area contributed by atoms with Crippen molar-refractivity contribution in [2.75, 3.05) is 18.4 Å². The second-order valence-electron chi connectivity index (χ2n) is 5.21. The van der Waals surface area contributed by atoms with E-state index >= 15 is 0 Å². The van der Waals surface area contributed by atoms with Gasteiger partial charge in [-0.05, 0) is 37.3 Å². The molecule has 2 aromatic rings. The van der Waals surface area contributed by atoms with Crippen LogP contribution in [-0.4, -0.2) is 30.0 Å². The van der Waals surface area contributed by atoms with Gasteiger partial charge in [-0.3, -0.25) is 14.9 Å². The quantitative estimate of drug-likeness (QED) is 0.435. The lowest BCUT2D eigenvalue weighted by atomic mass is 10.2. The molecule has 2 N–H and O–H groups in total. The molecule has 7 nitrogen and oxygen atoms in total. The van der Waals surface area contributed by atoms with E-state index in [1.54, 1.807) is 25.1 Å². The van der Waals surface area contributed by atoms with E-state index in [4.69, 9.17) is 4.74 Å². The predicted molar refractivity (Wildman–Crippen MR) is 91.1 cm³/mol. The van der Waals surface area contributed by atoms with Crippen LogP contribution in [0.3, 0.4) is 0 Å². The monoisotopic (exact) mass is 347 g/mol. The number of carbonyl (C=O) groups excluding carboxylic acids is 1. The number of para-hydroxylation sites is 2. The first-order chi connectivity index (χ1) is 12.0.